The minimum absolute atomic E-state index is 0.319. The van der Waals surface area contributed by atoms with Crippen molar-refractivity contribution in [1.82, 2.24) is 14.7 Å². The van der Waals surface area contributed by atoms with Gasteiger partial charge in [-0.1, -0.05) is 0 Å². The molecular weight excluding hydrogens is 310 g/mol. The van der Waals surface area contributed by atoms with Gasteiger partial charge in [-0.2, -0.15) is 5.10 Å². The Morgan fingerprint density at radius 3 is 2.75 bits per heavy atom. The number of esters is 1. The van der Waals surface area contributed by atoms with Crippen molar-refractivity contribution in [1.29, 1.82) is 0 Å². The van der Waals surface area contributed by atoms with E-state index in [0.717, 1.165) is 18.7 Å². The highest BCUT2D eigenvalue weighted by atomic mass is 16.6. The van der Waals surface area contributed by atoms with Crippen LogP contribution in [0.15, 0.2) is 12.1 Å². The van der Waals surface area contributed by atoms with E-state index >= 15 is 0 Å². The van der Waals surface area contributed by atoms with Crippen molar-refractivity contribution in [3.63, 3.8) is 0 Å². The summed E-state index contributed by atoms with van der Waals surface area (Å²) in [7, 11) is 0. The second-order valence-corrected chi connectivity index (χ2v) is 6.62. The van der Waals surface area contributed by atoms with Crippen LogP contribution in [0, 0.1) is 0 Å². The van der Waals surface area contributed by atoms with Crippen LogP contribution >= 0.6 is 0 Å². The van der Waals surface area contributed by atoms with Crippen LogP contribution in [0.4, 0.5) is 4.79 Å². The third kappa shape index (κ3) is 5.11. The molecule has 1 aliphatic rings. The minimum atomic E-state index is -0.517. The maximum Gasteiger partial charge on any atom is 0.410 e. The average Bonchev–Trinajstić information content (AvgIpc) is 2.74. The van der Waals surface area contributed by atoms with Crippen molar-refractivity contribution in [3.8, 4) is 0 Å². The van der Waals surface area contributed by atoms with Gasteiger partial charge in [0.1, 0.15) is 5.60 Å². The van der Waals surface area contributed by atoms with Crippen molar-refractivity contribution in [3.05, 3.63) is 23.5 Å². The Hall–Kier alpha value is -2.31. The topological polar surface area (TPSA) is 73.7 Å². The molecule has 0 aliphatic carbocycles. The number of ether oxygens (including phenoxy) is 2. The van der Waals surface area contributed by atoms with Gasteiger partial charge in [0.25, 0.3) is 0 Å². The smallest absolute Gasteiger partial charge is 0.410 e. The van der Waals surface area contributed by atoms with Gasteiger partial charge in [0.2, 0.25) is 0 Å². The summed E-state index contributed by atoms with van der Waals surface area (Å²) in [6.07, 6.45) is 3.46. The van der Waals surface area contributed by atoms with Crippen molar-refractivity contribution < 1.29 is 19.1 Å². The van der Waals surface area contributed by atoms with Crippen LogP contribution in [0.3, 0.4) is 0 Å². The summed E-state index contributed by atoms with van der Waals surface area (Å²) >= 11 is 0. The highest BCUT2D eigenvalue weighted by molar-refractivity contribution is 5.86. The Kier molecular flexibility index (Phi) is 5.64. The van der Waals surface area contributed by atoms with E-state index in [0.29, 0.717) is 25.4 Å². The molecule has 0 saturated carbocycles. The molecule has 2 heterocycles. The molecule has 0 spiro atoms. The third-order valence-corrected chi connectivity index (χ3v) is 3.36. The van der Waals surface area contributed by atoms with Crippen LogP contribution in [-0.4, -0.2) is 45.5 Å². The molecule has 2 rings (SSSR count). The predicted molar refractivity (Wildman–Crippen MR) is 89.2 cm³/mol. The maximum atomic E-state index is 12.3. The number of rotatable bonds is 3. The van der Waals surface area contributed by atoms with Gasteiger partial charge < -0.3 is 14.4 Å². The lowest BCUT2D eigenvalue weighted by Gasteiger charge is -2.26. The molecule has 7 nitrogen and oxygen atoms in total. The number of hydrogen-bond acceptors (Lipinski definition) is 5. The predicted octanol–water partition coefficient (Wildman–Crippen LogP) is 2.60. The first-order chi connectivity index (χ1) is 11.3. The lowest BCUT2D eigenvalue weighted by molar-refractivity contribution is -0.137. The van der Waals surface area contributed by atoms with Crippen molar-refractivity contribution in [2.24, 2.45) is 0 Å². The van der Waals surface area contributed by atoms with Gasteiger partial charge >= 0.3 is 12.1 Å². The van der Waals surface area contributed by atoms with E-state index < -0.39 is 11.6 Å². The normalized spacial score (nSPS) is 15.1. The molecular formula is C17H25N3O4. The van der Waals surface area contributed by atoms with Gasteiger partial charge in [-0.15, -0.1) is 0 Å². The number of hydrogen-bond donors (Lipinski definition) is 0. The maximum absolute atomic E-state index is 12.3. The van der Waals surface area contributed by atoms with Gasteiger partial charge in [-0.05, 0) is 46.3 Å². The fraction of sp³-hybridized carbons (Fsp3) is 0.588. The Bertz CT molecular complexity index is 628. The molecule has 0 atom stereocenters. The molecule has 132 valence electrons. The summed E-state index contributed by atoms with van der Waals surface area (Å²) in [5.74, 6) is -0.393. The monoisotopic (exact) mass is 335 g/mol. The summed E-state index contributed by atoms with van der Waals surface area (Å²) in [5.41, 5.74) is 1.07. The molecule has 0 N–H and O–H groups in total. The summed E-state index contributed by atoms with van der Waals surface area (Å²) in [6, 6.07) is 1.87. The zero-order valence-corrected chi connectivity index (χ0v) is 14.7. The molecule has 0 aromatic carbocycles. The molecule has 7 heteroatoms. The molecule has 0 bridgehead atoms. The van der Waals surface area contributed by atoms with E-state index in [1.807, 2.05) is 31.5 Å². The SMILES string of the molecule is CCOC(=O)C=Cc1cc2n(n1)CCCN(C(=O)OC(C)(C)C)C2. The van der Waals surface area contributed by atoms with Crippen molar-refractivity contribution in [2.45, 2.75) is 52.8 Å². The summed E-state index contributed by atoms with van der Waals surface area (Å²) in [6.45, 7) is 9.45. The number of carbonyl (C=O) groups is 2. The lowest BCUT2D eigenvalue weighted by Crippen LogP contribution is -2.36. The highest BCUT2D eigenvalue weighted by Crippen LogP contribution is 2.17. The van der Waals surface area contributed by atoms with E-state index in [2.05, 4.69) is 5.10 Å². The molecule has 24 heavy (non-hydrogen) atoms. The zero-order chi connectivity index (χ0) is 17.7. The fourth-order valence-corrected chi connectivity index (χ4v) is 2.39. The van der Waals surface area contributed by atoms with Crippen LogP contribution in [-0.2, 0) is 27.4 Å². The summed E-state index contributed by atoms with van der Waals surface area (Å²) < 4.78 is 12.2. The molecule has 0 radical (unpaired) electrons. The minimum Gasteiger partial charge on any atom is -0.463 e. The van der Waals surface area contributed by atoms with Crippen molar-refractivity contribution in [2.75, 3.05) is 13.2 Å². The fourth-order valence-electron chi connectivity index (χ4n) is 2.39. The van der Waals surface area contributed by atoms with Gasteiger partial charge in [0.05, 0.1) is 24.5 Å². The Morgan fingerprint density at radius 1 is 1.33 bits per heavy atom. The molecule has 1 aliphatic heterocycles. The Balaban J connectivity index is 2.07. The molecule has 1 aromatic rings. The molecule has 0 fully saturated rings. The largest absolute Gasteiger partial charge is 0.463 e. The Morgan fingerprint density at radius 2 is 2.08 bits per heavy atom. The van der Waals surface area contributed by atoms with Gasteiger partial charge in [-0.3, -0.25) is 4.68 Å². The molecule has 0 saturated heterocycles. The van der Waals surface area contributed by atoms with Crippen LogP contribution in [0.5, 0.6) is 0 Å². The first-order valence-corrected chi connectivity index (χ1v) is 8.18. The van der Waals surface area contributed by atoms with Crippen LogP contribution < -0.4 is 0 Å². The second-order valence-electron chi connectivity index (χ2n) is 6.62. The van der Waals surface area contributed by atoms with E-state index in [4.69, 9.17) is 9.47 Å². The van der Waals surface area contributed by atoms with Gasteiger partial charge in [-0.25, -0.2) is 9.59 Å². The quantitative estimate of drug-likeness (QED) is 0.627. The van der Waals surface area contributed by atoms with Crippen LogP contribution in [0.1, 0.15) is 45.5 Å². The summed E-state index contributed by atoms with van der Waals surface area (Å²) in [5, 5.41) is 4.45. The lowest BCUT2D eigenvalue weighted by atomic mass is 10.2. The first-order valence-electron chi connectivity index (χ1n) is 8.18. The highest BCUT2D eigenvalue weighted by Gasteiger charge is 2.25. The van der Waals surface area contributed by atoms with E-state index in [1.165, 1.54) is 6.08 Å². The Labute approximate surface area is 142 Å². The first kappa shape index (κ1) is 18.0. The molecule has 0 unspecified atom stereocenters. The van der Waals surface area contributed by atoms with Gasteiger partial charge in [0.15, 0.2) is 0 Å². The number of amides is 1. The number of aryl methyl sites for hydroxylation is 1. The number of carbonyl (C=O) groups excluding carboxylic acids is 2. The second kappa shape index (κ2) is 7.51. The van der Waals surface area contributed by atoms with Crippen LogP contribution in [0.2, 0.25) is 0 Å². The van der Waals surface area contributed by atoms with Gasteiger partial charge in [0, 0.05) is 19.2 Å². The average molecular weight is 335 g/mol. The summed E-state index contributed by atoms with van der Waals surface area (Å²) in [4.78, 5) is 25.3. The van der Waals surface area contributed by atoms with E-state index in [-0.39, 0.29) is 6.09 Å². The molecule has 1 amide bonds. The van der Waals surface area contributed by atoms with E-state index in [9.17, 15) is 9.59 Å². The third-order valence-electron chi connectivity index (χ3n) is 3.36. The van der Waals surface area contributed by atoms with E-state index in [1.54, 1.807) is 17.9 Å². The molecule has 1 aromatic heterocycles. The van der Waals surface area contributed by atoms with Crippen LogP contribution in [0.25, 0.3) is 6.08 Å². The zero-order valence-electron chi connectivity index (χ0n) is 14.7. The number of fused-ring (bicyclic) bond motifs is 1. The number of aromatic nitrogens is 2. The number of nitrogens with zero attached hydrogens (tertiary/aromatic N) is 3. The van der Waals surface area contributed by atoms with Crippen molar-refractivity contribution >= 4 is 18.1 Å². The standard InChI is InChI=1S/C17H25N3O4/c1-5-23-15(21)8-7-13-11-14-12-19(9-6-10-20(14)18-13)16(22)24-17(2,3)4/h7-8,11H,5-6,9-10,12H2,1-4H3.